The molecule has 0 aliphatic carbocycles. The molecular weight excluding hydrogens is 340 g/mol. The van der Waals surface area contributed by atoms with Gasteiger partial charge in [-0.1, -0.05) is 24.3 Å². The molecule has 0 spiro atoms. The fourth-order valence-electron chi connectivity index (χ4n) is 2.41. The molecule has 3 rings (SSSR count). The number of hydrogen-bond donors (Lipinski definition) is 2. The summed E-state index contributed by atoms with van der Waals surface area (Å²) >= 11 is 0. The average molecular weight is 358 g/mol. The molecule has 0 radical (unpaired) electrons. The van der Waals surface area contributed by atoms with Crippen LogP contribution in [0.4, 0.5) is 11.5 Å². The van der Waals surface area contributed by atoms with Gasteiger partial charge < -0.3 is 10.6 Å². The molecule has 0 fully saturated rings. The van der Waals surface area contributed by atoms with Crippen LogP contribution in [0.1, 0.15) is 21.5 Å². The fourth-order valence-corrected chi connectivity index (χ4v) is 2.41. The minimum atomic E-state index is -0.316. The SMILES string of the molecule is Cc1cccc(NC(=O)c2cccc(/C=C/C(=O)Nc3ccncn3)c2)c1. The molecule has 1 aromatic heterocycles. The zero-order valence-electron chi connectivity index (χ0n) is 14.7. The first-order valence-corrected chi connectivity index (χ1v) is 8.33. The summed E-state index contributed by atoms with van der Waals surface area (Å²) < 4.78 is 0. The molecule has 134 valence electrons. The van der Waals surface area contributed by atoms with E-state index in [1.165, 1.54) is 12.4 Å². The molecule has 0 aliphatic heterocycles. The first kappa shape index (κ1) is 18.0. The largest absolute Gasteiger partial charge is 0.322 e. The highest BCUT2D eigenvalue weighted by Crippen LogP contribution is 2.13. The van der Waals surface area contributed by atoms with Crippen LogP contribution in [-0.4, -0.2) is 21.8 Å². The summed E-state index contributed by atoms with van der Waals surface area (Å²) in [4.78, 5) is 32.1. The van der Waals surface area contributed by atoms with Crippen LogP contribution in [0.3, 0.4) is 0 Å². The fraction of sp³-hybridized carbons (Fsp3) is 0.0476. The summed E-state index contributed by atoms with van der Waals surface area (Å²) in [7, 11) is 0. The van der Waals surface area contributed by atoms with E-state index < -0.39 is 0 Å². The van der Waals surface area contributed by atoms with Gasteiger partial charge in [-0.2, -0.15) is 0 Å². The zero-order valence-corrected chi connectivity index (χ0v) is 14.7. The van der Waals surface area contributed by atoms with Gasteiger partial charge in [0, 0.05) is 23.5 Å². The first-order chi connectivity index (χ1) is 13.1. The monoisotopic (exact) mass is 358 g/mol. The van der Waals surface area contributed by atoms with Crippen molar-refractivity contribution in [3.05, 3.63) is 89.9 Å². The molecule has 0 atom stereocenters. The highest BCUT2D eigenvalue weighted by molar-refractivity contribution is 6.05. The molecule has 0 saturated heterocycles. The van der Waals surface area contributed by atoms with Crippen LogP contribution in [0.25, 0.3) is 6.08 Å². The van der Waals surface area contributed by atoms with Crippen molar-refractivity contribution in [3.8, 4) is 0 Å². The molecule has 1 heterocycles. The Hall–Kier alpha value is -3.80. The topological polar surface area (TPSA) is 84.0 Å². The van der Waals surface area contributed by atoms with Crippen LogP contribution >= 0.6 is 0 Å². The molecule has 3 aromatic rings. The molecule has 0 aliphatic rings. The van der Waals surface area contributed by atoms with E-state index in [4.69, 9.17) is 0 Å². The maximum atomic E-state index is 12.4. The lowest BCUT2D eigenvalue weighted by molar-refractivity contribution is -0.111. The molecule has 27 heavy (non-hydrogen) atoms. The van der Waals surface area contributed by atoms with E-state index in [0.717, 1.165) is 16.8 Å². The second kappa shape index (κ2) is 8.53. The number of benzene rings is 2. The smallest absolute Gasteiger partial charge is 0.255 e. The number of anilines is 2. The van der Waals surface area contributed by atoms with Gasteiger partial charge in [-0.15, -0.1) is 0 Å². The summed E-state index contributed by atoms with van der Waals surface area (Å²) in [6.07, 6.45) is 5.93. The van der Waals surface area contributed by atoms with Gasteiger partial charge in [0.15, 0.2) is 0 Å². The van der Waals surface area contributed by atoms with Crippen molar-refractivity contribution in [1.82, 2.24) is 9.97 Å². The highest BCUT2D eigenvalue weighted by atomic mass is 16.2. The van der Waals surface area contributed by atoms with Crippen LogP contribution in [0.15, 0.2) is 73.2 Å². The van der Waals surface area contributed by atoms with Crippen LogP contribution in [0.2, 0.25) is 0 Å². The normalized spacial score (nSPS) is 10.6. The molecule has 0 saturated carbocycles. The van der Waals surface area contributed by atoms with E-state index >= 15 is 0 Å². The maximum absolute atomic E-state index is 12.4. The van der Waals surface area contributed by atoms with E-state index in [2.05, 4.69) is 20.6 Å². The van der Waals surface area contributed by atoms with Gasteiger partial charge in [0.1, 0.15) is 12.1 Å². The minimum absolute atomic E-state index is 0.207. The lowest BCUT2D eigenvalue weighted by atomic mass is 10.1. The molecule has 2 aromatic carbocycles. The van der Waals surface area contributed by atoms with Crippen LogP contribution < -0.4 is 10.6 Å². The lowest BCUT2D eigenvalue weighted by Crippen LogP contribution is -2.12. The molecule has 6 heteroatoms. The standard InChI is InChI=1S/C21H18N4O2/c1-15-4-2-7-18(12-15)24-21(27)17-6-3-5-16(13-17)8-9-20(26)25-19-10-11-22-14-23-19/h2-14H,1H3,(H,24,27)(H,22,23,25,26)/b9-8+. The summed E-state index contributed by atoms with van der Waals surface area (Å²) in [5.74, 6) is -0.101. The number of aryl methyl sites for hydroxylation is 1. The van der Waals surface area contributed by atoms with E-state index in [0.29, 0.717) is 11.4 Å². The van der Waals surface area contributed by atoms with Crippen molar-refractivity contribution in [1.29, 1.82) is 0 Å². The van der Waals surface area contributed by atoms with Gasteiger partial charge in [0.05, 0.1) is 0 Å². The van der Waals surface area contributed by atoms with Crippen molar-refractivity contribution in [2.75, 3.05) is 10.6 Å². The first-order valence-electron chi connectivity index (χ1n) is 8.33. The van der Waals surface area contributed by atoms with Crippen molar-refractivity contribution in [2.45, 2.75) is 6.92 Å². The molecule has 0 unspecified atom stereocenters. The second-order valence-corrected chi connectivity index (χ2v) is 5.87. The Labute approximate surface area is 157 Å². The number of carbonyl (C=O) groups excluding carboxylic acids is 2. The molecular formula is C21H18N4O2. The number of carbonyl (C=O) groups is 2. The molecule has 6 nitrogen and oxygen atoms in total. The Morgan fingerprint density at radius 3 is 2.63 bits per heavy atom. The number of rotatable bonds is 5. The van der Waals surface area contributed by atoms with E-state index in [-0.39, 0.29) is 11.8 Å². The van der Waals surface area contributed by atoms with Gasteiger partial charge in [-0.05, 0) is 54.5 Å². The Balaban J connectivity index is 1.66. The Bertz CT molecular complexity index is 984. The summed E-state index contributed by atoms with van der Waals surface area (Å²) in [5, 5.41) is 5.50. The van der Waals surface area contributed by atoms with E-state index in [9.17, 15) is 9.59 Å². The predicted octanol–water partition coefficient (Wildman–Crippen LogP) is 3.69. The Morgan fingerprint density at radius 1 is 1.00 bits per heavy atom. The van der Waals surface area contributed by atoms with Crippen molar-refractivity contribution in [2.24, 2.45) is 0 Å². The zero-order chi connectivity index (χ0) is 19.1. The van der Waals surface area contributed by atoms with Gasteiger partial charge in [-0.25, -0.2) is 9.97 Å². The third kappa shape index (κ3) is 5.34. The molecule has 2 N–H and O–H groups in total. The summed E-state index contributed by atoms with van der Waals surface area (Å²) in [5.41, 5.74) is 3.06. The Kier molecular flexibility index (Phi) is 5.69. The number of nitrogens with one attached hydrogen (secondary N) is 2. The highest BCUT2D eigenvalue weighted by Gasteiger charge is 2.06. The average Bonchev–Trinajstić information content (AvgIpc) is 2.67. The number of aromatic nitrogens is 2. The van der Waals surface area contributed by atoms with Gasteiger partial charge in [0.25, 0.3) is 5.91 Å². The van der Waals surface area contributed by atoms with Gasteiger partial charge in [-0.3, -0.25) is 9.59 Å². The summed E-state index contributed by atoms with van der Waals surface area (Å²) in [6.45, 7) is 1.97. The molecule has 0 bridgehead atoms. The number of nitrogens with zero attached hydrogens (tertiary/aromatic N) is 2. The molecule has 2 amide bonds. The van der Waals surface area contributed by atoms with E-state index in [1.54, 1.807) is 36.5 Å². The van der Waals surface area contributed by atoms with Crippen molar-refractivity contribution < 1.29 is 9.59 Å². The third-order valence-electron chi connectivity index (χ3n) is 3.69. The minimum Gasteiger partial charge on any atom is -0.322 e. The number of amides is 2. The van der Waals surface area contributed by atoms with Crippen LogP contribution in [0.5, 0.6) is 0 Å². The van der Waals surface area contributed by atoms with Crippen molar-refractivity contribution in [3.63, 3.8) is 0 Å². The second-order valence-electron chi connectivity index (χ2n) is 5.87. The van der Waals surface area contributed by atoms with Gasteiger partial charge in [0.2, 0.25) is 5.91 Å². The quantitative estimate of drug-likeness (QED) is 0.681. The Morgan fingerprint density at radius 2 is 1.85 bits per heavy atom. The van der Waals surface area contributed by atoms with E-state index in [1.807, 2.05) is 37.3 Å². The number of hydrogen-bond acceptors (Lipinski definition) is 4. The van der Waals surface area contributed by atoms with Gasteiger partial charge >= 0.3 is 0 Å². The third-order valence-corrected chi connectivity index (χ3v) is 3.69. The van der Waals surface area contributed by atoms with Crippen molar-refractivity contribution >= 4 is 29.4 Å². The maximum Gasteiger partial charge on any atom is 0.255 e. The van der Waals surface area contributed by atoms with Crippen LogP contribution in [0, 0.1) is 6.92 Å². The summed E-state index contributed by atoms with van der Waals surface area (Å²) in [6, 6.07) is 16.2. The lowest BCUT2D eigenvalue weighted by Gasteiger charge is -2.06. The predicted molar refractivity (Wildman–Crippen MR) is 105 cm³/mol. The van der Waals surface area contributed by atoms with Crippen LogP contribution in [-0.2, 0) is 4.79 Å².